The van der Waals surface area contributed by atoms with Crippen LogP contribution in [0.25, 0.3) is 0 Å². The van der Waals surface area contributed by atoms with Crippen LogP contribution < -0.4 is 5.73 Å². The smallest absolute Gasteiger partial charge is 0.231 e. The largest absolute Gasteiger partial charge is 0.339 e. The Hall–Kier alpha value is -0.900. The van der Waals surface area contributed by atoms with Crippen LogP contribution in [-0.2, 0) is 0 Å². The zero-order valence-electron chi connectivity index (χ0n) is 8.03. The van der Waals surface area contributed by atoms with Crippen molar-refractivity contribution in [1.82, 2.24) is 10.1 Å². The van der Waals surface area contributed by atoms with Gasteiger partial charge >= 0.3 is 0 Å². The number of aromatic nitrogens is 2. The Morgan fingerprint density at radius 1 is 1.46 bits per heavy atom. The van der Waals surface area contributed by atoms with E-state index in [4.69, 9.17) is 10.3 Å². The molecular formula is C9H15N3O. The van der Waals surface area contributed by atoms with E-state index in [9.17, 15) is 0 Å². The third-order valence-electron chi connectivity index (χ3n) is 2.58. The minimum absolute atomic E-state index is 0.0625. The Labute approximate surface area is 77.5 Å². The first-order chi connectivity index (χ1) is 6.18. The molecule has 1 aromatic heterocycles. The summed E-state index contributed by atoms with van der Waals surface area (Å²) in [5, 5.41) is 3.94. The van der Waals surface area contributed by atoms with E-state index in [2.05, 4.69) is 10.1 Å². The van der Waals surface area contributed by atoms with Gasteiger partial charge in [-0.3, -0.25) is 0 Å². The summed E-state index contributed by atoms with van der Waals surface area (Å²) in [6.45, 7) is 3.96. The molecule has 0 aromatic carbocycles. The molecule has 1 aliphatic carbocycles. The maximum absolute atomic E-state index is 5.74. The van der Waals surface area contributed by atoms with Crippen molar-refractivity contribution in [3.63, 3.8) is 0 Å². The highest BCUT2D eigenvalue weighted by Crippen LogP contribution is 2.38. The topological polar surface area (TPSA) is 64.9 Å². The molecule has 2 atom stereocenters. The van der Waals surface area contributed by atoms with Crippen molar-refractivity contribution in [2.45, 2.75) is 44.6 Å². The summed E-state index contributed by atoms with van der Waals surface area (Å²) in [5.41, 5.74) is 5.74. The van der Waals surface area contributed by atoms with E-state index in [0.29, 0.717) is 11.8 Å². The summed E-state index contributed by atoms with van der Waals surface area (Å²) in [4.78, 5) is 4.34. The summed E-state index contributed by atoms with van der Waals surface area (Å²) in [6.07, 6.45) is 2.40. The van der Waals surface area contributed by atoms with Gasteiger partial charge in [-0.05, 0) is 19.8 Å². The molecule has 2 N–H and O–H groups in total. The van der Waals surface area contributed by atoms with Crippen LogP contribution in [-0.4, -0.2) is 16.2 Å². The summed E-state index contributed by atoms with van der Waals surface area (Å²) in [5.74, 6) is 2.25. The van der Waals surface area contributed by atoms with Crippen LogP contribution in [0.5, 0.6) is 0 Å². The molecule has 0 radical (unpaired) electrons. The molecule has 0 amide bonds. The second-order valence-corrected chi connectivity index (χ2v) is 3.91. The van der Waals surface area contributed by atoms with Crippen molar-refractivity contribution in [3.8, 4) is 0 Å². The molecule has 1 fully saturated rings. The van der Waals surface area contributed by atoms with Gasteiger partial charge in [0.05, 0.1) is 5.92 Å². The van der Waals surface area contributed by atoms with E-state index in [0.717, 1.165) is 5.82 Å². The fourth-order valence-corrected chi connectivity index (χ4v) is 1.16. The summed E-state index contributed by atoms with van der Waals surface area (Å²) >= 11 is 0. The van der Waals surface area contributed by atoms with Gasteiger partial charge in [0.1, 0.15) is 0 Å². The van der Waals surface area contributed by atoms with E-state index in [1.54, 1.807) is 0 Å². The number of nitrogens with zero attached hydrogens (tertiary/aromatic N) is 2. The molecule has 4 heteroatoms. The normalized spacial score (nSPS) is 21.5. The first kappa shape index (κ1) is 8.69. The lowest BCUT2D eigenvalue weighted by atomic mass is 10.1. The standard InChI is InChI=1S/C9H15N3O/c1-5(6(2)10)9-11-8(12-13-9)7-3-4-7/h5-7H,3-4,10H2,1-2H3. The first-order valence-electron chi connectivity index (χ1n) is 4.77. The average Bonchev–Trinajstić information content (AvgIpc) is 2.83. The minimum atomic E-state index is 0.0625. The average molecular weight is 181 g/mol. The molecule has 1 aliphatic rings. The second kappa shape index (κ2) is 3.10. The lowest BCUT2D eigenvalue weighted by molar-refractivity contribution is 0.343. The quantitative estimate of drug-likeness (QED) is 0.765. The van der Waals surface area contributed by atoms with E-state index < -0.39 is 0 Å². The third kappa shape index (κ3) is 1.72. The first-order valence-corrected chi connectivity index (χ1v) is 4.77. The molecule has 2 rings (SSSR count). The fraction of sp³-hybridized carbons (Fsp3) is 0.778. The van der Waals surface area contributed by atoms with Gasteiger partial charge in [0.15, 0.2) is 5.82 Å². The lowest BCUT2D eigenvalue weighted by Crippen LogP contribution is -2.22. The Balaban J connectivity index is 2.11. The summed E-state index contributed by atoms with van der Waals surface area (Å²) in [7, 11) is 0. The van der Waals surface area contributed by atoms with Crippen molar-refractivity contribution in [3.05, 3.63) is 11.7 Å². The van der Waals surface area contributed by atoms with Crippen molar-refractivity contribution in [1.29, 1.82) is 0 Å². The van der Waals surface area contributed by atoms with Crippen LogP contribution >= 0.6 is 0 Å². The molecule has 0 bridgehead atoms. The number of hydrogen-bond acceptors (Lipinski definition) is 4. The van der Waals surface area contributed by atoms with Crippen molar-refractivity contribution in [2.75, 3.05) is 0 Å². The predicted molar refractivity (Wildman–Crippen MR) is 48.3 cm³/mol. The van der Waals surface area contributed by atoms with Gasteiger partial charge in [-0.1, -0.05) is 12.1 Å². The van der Waals surface area contributed by atoms with E-state index >= 15 is 0 Å². The molecule has 1 heterocycles. The van der Waals surface area contributed by atoms with Crippen molar-refractivity contribution < 1.29 is 4.52 Å². The fourth-order valence-electron chi connectivity index (χ4n) is 1.16. The maximum Gasteiger partial charge on any atom is 0.231 e. The van der Waals surface area contributed by atoms with Gasteiger partial charge < -0.3 is 10.3 Å². The van der Waals surface area contributed by atoms with E-state index in [1.165, 1.54) is 12.8 Å². The monoisotopic (exact) mass is 181 g/mol. The van der Waals surface area contributed by atoms with Gasteiger partial charge in [-0.15, -0.1) is 0 Å². The van der Waals surface area contributed by atoms with Gasteiger partial charge in [-0.2, -0.15) is 4.98 Å². The van der Waals surface area contributed by atoms with Crippen molar-refractivity contribution in [2.24, 2.45) is 5.73 Å². The van der Waals surface area contributed by atoms with Gasteiger partial charge in [-0.25, -0.2) is 0 Å². The lowest BCUT2D eigenvalue weighted by Gasteiger charge is -2.09. The van der Waals surface area contributed by atoms with Crippen LogP contribution in [0.1, 0.15) is 50.2 Å². The molecule has 72 valence electrons. The van der Waals surface area contributed by atoms with E-state index in [-0.39, 0.29) is 12.0 Å². The molecule has 2 unspecified atom stereocenters. The Kier molecular flexibility index (Phi) is 2.07. The van der Waals surface area contributed by atoms with Crippen LogP contribution in [0.2, 0.25) is 0 Å². The summed E-state index contributed by atoms with van der Waals surface area (Å²) in [6, 6.07) is 0.0625. The zero-order valence-corrected chi connectivity index (χ0v) is 8.03. The molecule has 0 saturated heterocycles. The van der Waals surface area contributed by atoms with Crippen LogP contribution in [0.15, 0.2) is 4.52 Å². The van der Waals surface area contributed by atoms with Crippen LogP contribution in [0.3, 0.4) is 0 Å². The van der Waals surface area contributed by atoms with Crippen LogP contribution in [0, 0.1) is 0 Å². The Morgan fingerprint density at radius 3 is 2.69 bits per heavy atom. The number of rotatable bonds is 3. The number of nitrogens with two attached hydrogens (primary N) is 1. The maximum atomic E-state index is 5.74. The van der Waals surface area contributed by atoms with Crippen molar-refractivity contribution >= 4 is 0 Å². The second-order valence-electron chi connectivity index (χ2n) is 3.91. The molecule has 0 spiro atoms. The highest BCUT2D eigenvalue weighted by Gasteiger charge is 2.29. The minimum Gasteiger partial charge on any atom is -0.339 e. The zero-order chi connectivity index (χ0) is 9.42. The highest BCUT2D eigenvalue weighted by atomic mass is 16.5. The number of hydrogen-bond donors (Lipinski definition) is 1. The SMILES string of the molecule is CC(N)C(C)c1nc(C2CC2)no1. The molecule has 4 nitrogen and oxygen atoms in total. The predicted octanol–water partition coefficient (Wildman–Crippen LogP) is 1.40. The molecule has 13 heavy (non-hydrogen) atoms. The van der Waals surface area contributed by atoms with E-state index in [1.807, 2.05) is 13.8 Å². The third-order valence-corrected chi connectivity index (χ3v) is 2.58. The van der Waals surface area contributed by atoms with Crippen LogP contribution in [0.4, 0.5) is 0 Å². The van der Waals surface area contributed by atoms with Gasteiger partial charge in [0, 0.05) is 12.0 Å². The highest BCUT2D eigenvalue weighted by molar-refractivity contribution is 5.05. The van der Waals surface area contributed by atoms with Gasteiger partial charge in [0.25, 0.3) is 0 Å². The summed E-state index contributed by atoms with van der Waals surface area (Å²) < 4.78 is 5.15. The Morgan fingerprint density at radius 2 is 2.15 bits per heavy atom. The molecule has 1 saturated carbocycles. The molecule has 0 aliphatic heterocycles. The van der Waals surface area contributed by atoms with Gasteiger partial charge in [0.2, 0.25) is 5.89 Å². The molecule has 1 aromatic rings. The molecular weight excluding hydrogens is 166 g/mol. The Bertz CT molecular complexity index is 291.